The Kier molecular flexibility index (Phi) is 11.6. The molecule has 54 heavy (non-hydrogen) atoms. The number of methoxy groups -OCH3 is 3. The van der Waals surface area contributed by atoms with E-state index in [0.29, 0.717) is 11.1 Å². The van der Waals surface area contributed by atoms with Gasteiger partial charge in [-0.25, -0.2) is 4.79 Å². The number of hydrogen-bond donors (Lipinski definition) is 8. The monoisotopic (exact) mass is 762 g/mol. The van der Waals surface area contributed by atoms with E-state index in [1.54, 1.807) is 12.1 Å². The van der Waals surface area contributed by atoms with Crippen LogP contribution in [0.25, 0.3) is 0 Å². The highest BCUT2D eigenvalue weighted by atomic mass is 16.8. The third kappa shape index (κ3) is 7.39. The number of aliphatic hydroxyl groups excluding tert-OH is 5. The number of hydrogen-bond acceptors (Lipinski definition) is 18. The van der Waals surface area contributed by atoms with Crippen molar-refractivity contribution in [1.82, 2.24) is 0 Å². The minimum absolute atomic E-state index is 0.0258. The summed E-state index contributed by atoms with van der Waals surface area (Å²) in [5, 5.41) is 84.0. The van der Waals surface area contributed by atoms with Gasteiger partial charge in [-0.2, -0.15) is 0 Å². The number of aromatic hydroxyl groups is 2. The first-order valence-electron chi connectivity index (χ1n) is 16.7. The van der Waals surface area contributed by atoms with Crippen LogP contribution in [0.4, 0.5) is 0 Å². The maximum absolute atomic E-state index is 13.4. The molecule has 18 heteroatoms. The zero-order valence-corrected chi connectivity index (χ0v) is 29.3. The number of ether oxygens (including phenoxy) is 9. The van der Waals surface area contributed by atoms with Gasteiger partial charge in [0.15, 0.2) is 52.5 Å². The van der Waals surface area contributed by atoms with Gasteiger partial charge in [-0.1, -0.05) is 6.07 Å². The van der Waals surface area contributed by atoms with Crippen molar-refractivity contribution >= 4 is 5.97 Å². The van der Waals surface area contributed by atoms with E-state index in [-0.39, 0.29) is 52.4 Å². The van der Waals surface area contributed by atoms with Crippen molar-refractivity contribution < 1.29 is 88.3 Å². The van der Waals surface area contributed by atoms with E-state index >= 15 is 0 Å². The molecule has 0 saturated carbocycles. The molecule has 0 spiro atoms. The molecule has 2 saturated heterocycles. The van der Waals surface area contributed by atoms with Crippen molar-refractivity contribution in [2.45, 2.75) is 60.7 Å². The second-order valence-electron chi connectivity index (χ2n) is 12.9. The van der Waals surface area contributed by atoms with Crippen LogP contribution in [0.1, 0.15) is 33.5 Å². The van der Waals surface area contributed by atoms with Gasteiger partial charge in [0.2, 0.25) is 6.29 Å². The van der Waals surface area contributed by atoms with E-state index in [1.165, 1.54) is 57.7 Å². The molecule has 0 amide bonds. The number of phenols is 2. The largest absolute Gasteiger partial charge is 0.504 e. The molecule has 2 fully saturated rings. The summed E-state index contributed by atoms with van der Waals surface area (Å²) in [5.74, 6) is -1.11. The summed E-state index contributed by atoms with van der Waals surface area (Å²) in [7, 11) is 4.08. The lowest BCUT2D eigenvalue weighted by Crippen LogP contribution is -2.62. The fraction of sp³-hybridized carbons (Fsp3) is 0.472. The molecule has 0 radical (unpaired) electrons. The van der Waals surface area contributed by atoms with Crippen molar-refractivity contribution in [2.24, 2.45) is 0 Å². The SMILES string of the molecule is COc1cc(O[C@@H]2O[C@H](CO)[C@@H](O)[C@H](O)[C@H]2O[C@@H]2OC[C@](O)(COC(=O)c3cc(OC)c4c(c3)[C@@H](CO)[C@H](c3ccc(O)c(OC)c3)O4)[C@H]2O)ccc1O. The van der Waals surface area contributed by atoms with Gasteiger partial charge in [0.25, 0.3) is 0 Å². The quantitative estimate of drug-likeness (QED) is 0.105. The van der Waals surface area contributed by atoms with Gasteiger partial charge in [0.05, 0.1) is 52.6 Å². The molecule has 0 unspecified atom stereocenters. The molecule has 0 bridgehead atoms. The Hall–Kier alpha value is -4.63. The van der Waals surface area contributed by atoms with Crippen LogP contribution in [0, 0.1) is 0 Å². The number of fused-ring (bicyclic) bond motifs is 1. The molecule has 3 aliphatic rings. The zero-order chi connectivity index (χ0) is 38.9. The number of carbonyl (C=O) groups is 1. The van der Waals surface area contributed by atoms with Crippen LogP contribution in [-0.2, 0) is 18.9 Å². The minimum atomic E-state index is -2.21. The maximum atomic E-state index is 13.4. The summed E-state index contributed by atoms with van der Waals surface area (Å²) in [6, 6.07) is 11.4. The van der Waals surface area contributed by atoms with Crippen molar-refractivity contribution in [3.63, 3.8) is 0 Å². The van der Waals surface area contributed by atoms with Gasteiger partial charge in [-0.3, -0.25) is 0 Å². The zero-order valence-electron chi connectivity index (χ0n) is 29.3. The smallest absolute Gasteiger partial charge is 0.338 e. The summed E-state index contributed by atoms with van der Waals surface area (Å²) in [5.41, 5.74) is -1.23. The van der Waals surface area contributed by atoms with E-state index in [1.807, 2.05) is 0 Å². The van der Waals surface area contributed by atoms with Gasteiger partial charge in [-0.15, -0.1) is 0 Å². The molecule has 18 nitrogen and oxygen atoms in total. The number of rotatable bonds is 13. The van der Waals surface area contributed by atoms with Crippen LogP contribution >= 0.6 is 0 Å². The Balaban J connectivity index is 1.15. The molecular formula is C36H42O18. The van der Waals surface area contributed by atoms with Gasteiger partial charge in [0.1, 0.15) is 42.9 Å². The topological polar surface area (TPSA) is 262 Å². The van der Waals surface area contributed by atoms with E-state index in [2.05, 4.69) is 0 Å². The molecule has 0 aromatic heterocycles. The Labute approximate surface area is 308 Å². The second kappa shape index (κ2) is 16.0. The van der Waals surface area contributed by atoms with Gasteiger partial charge >= 0.3 is 5.97 Å². The second-order valence-corrected chi connectivity index (χ2v) is 12.9. The maximum Gasteiger partial charge on any atom is 0.338 e. The van der Waals surface area contributed by atoms with E-state index < -0.39 is 86.5 Å². The third-order valence-electron chi connectivity index (χ3n) is 9.56. The molecule has 294 valence electrons. The lowest BCUT2D eigenvalue weighted by molar-refractivity contribution is -0.318. The van der Waals surface area contributed by atoms with Crippen LogP contribution in [0.5, 0.6) is 40.2 Å². The molecule has 3 aliphatic heterocycles. The van der Waals surface area contributed by atoms with Crippen LogP contribution in [0.15, 0.2) is 48.5 Å². The molecular weight excluding hydrogens is 720 g/mol. The van der Waals surface area contributed by atoms with Crippen LogP contribution in [-0.4, -0.2) is 143 Å². The van der Waals surface area contributed by atoms with Crippen molar-refractivity contribution in [3.8, 4) is 40.2 Å². The molecule has 0 aliphatic carbocycles. The summed E-state index contributed by atoms with van der Waals surface area (Å²) in [6.45, 7) is -2.46. The fourth-order valence-corrected chi connectivity index (χ4v) is 6.52. The predicted molar refractivity (Wildman–Crippen MR) is 180 cm³/mol. The van der Waals surface area contributed by atoms with Crippen LogP contribution < -0.4 is 23.7 Å². The predicted octanol–water partition coefficient (Wildman–Crippen LogP) is -0.158. The standard InChI is InChI=1S/C36H42O18/c1-46-23-9-16(4-6-21(23)39)29-20(12-37)19-8-17(10-25(48-3)30(19)53-29)33(44)49-14-36(45)15-50-35(32(36)43)54-31-28(42)27(41)26(13-38)52-34(31)51-18-5-7-22(40)24(11-18)47-2/h4-11,20,26-29,31-32,34-35,37-43,45H,12-15H2,1-3H3/t20-,26-,27-,28+,29+,31-,32+,34-,35+,36-/m1/s1. The van der Waals surface area contributed by atoms with Crippen LogP contribution in [0.3, 0.4) is 0 Å². The highest BCUT2D eigenvalue weighted by Crippen LogP contribution is 2.51. The number of benzene rings is 3. The first kappa shape index (κ1) is 39.1. The molecule has 8 N–H and O–H groups in total. The van der Waals surface area contributed by atoms with Crippen LogP contribution in [0.2, 0.25) is 0 Å². The number of phenolic OH excluding ortho intramolecular Hbond substituents is 2. The Morgan fingerprint density at radius 2 is 1.54 bits per heavy atom. The summed E-state index contributed by atoms with van der Waals surface area (Å²) in [4.78, 5) is 13.4. The van der Waals surface area contributed by atoms with Crippen molar-refractivity contribution in [2.75, 3.05) is 47.8 Å². The van der Waals surface area contributed by atoms with E-state index in [9.17, 15) is 45.6 Å². The van der Waals surface area contributed by atoms with Gasteiger partial charge < -0.3 is 83.5 Å². The highest BCUT2D eigenvalue weighted by Gasteiger charge is 2.54. The first-order chi connectivity index (χ1) is 25.9. The third-order valence-corrected chi connectivity index (χ3v) is 9.56. The summed E-state index contributed by atoms with van der Waals surface area (Å²) < 4.78 is 50.1. The number of carbonyl (C=O) groups excluding carboxylic acids is 1. The Morgan fingerprint density at radius 1 is 0.852 bits per heavy atom. The Morgan fingerprint density at radius 3 is 2.20 bits per heavy atom. The van der Waals surface area contributed by atoms with E-state index in [0.717, 1.165) is 0 Å². The molecule has 10 atom stereocenters. The van der Waals surface area contributed by atoms with E-state index in [4.69, 9.17) is 42.6 Å². The molecule has 3 heterocycles. The van der Waals surface area contributed by atoms with Gasteiger partial charge in [-0.05, 0) is 42.0 Å². The summed E-state index contributed by atoms with van der Waals surface area (Å²) >= 11 is 0. The first-order valence-corrected chi connectivity index (χ1v) is 16.7. The average molecular weight is 763 g/mol. The lowest BCUT2D eigenvalue weighted by Gasteiger charge is -2.42. The molecule has 3 aromatic rings. The number of aliphatic hydroxyl groups is 6. The molecule has 3 aromatic carbocycles. The van der Waals surface area contributed by atoms with Crippen molar-refractivity contribution in [3.05, 3.63) is 65.2 Å². The van der Waals surface area contributed by atoms with Crippen molar-refractivity contribution in [1.29, 1.82) is 0 Å². The normalized spacial score (nSPS) is 30.3. The Bertz CT molecular complexity index is 1800. The molecule has 6 rings (SSSR count). The number of esters is 1. The lowest BCUT2D eigenvalue weighted by atomic mass is 9.90. The highest BCUT2D eigenvalue weighted by molar-refractivity contribution is 5.91. The fourth-order valence-electron chi connectivity index (χ4n) is 6.52. The van der Waals surface area contributed by atoms with Gasteiger partial charge in [0, 0.05) is 11.6 Å². The minimum Gasteiger partial charge on any atom is -0.504 e. The average Bonchev–Trinajstić information content (AvgIpc) is 3.69. The summed E-state index contributed by atoms with van der Waals surface area (Å²) in [6.07, 6.45) is -12.1.